The Morgan fingerprint density at radius 3 is 3.00 bits per heavy atom. The smallest absolute Gasteiger partial charge is 0.174 e. The van der Waals surface area contributed by atoms with Crippen LogP contribution in [0.5, 0.6) is 0 Å². The molecule has 0 bridgehead atoms. The summed E-state index contributed by atoms with van der Waals surface area (Å²) in [6.07, 6.45) is 3.46. The number of ketones is 1. The summed E-state index contributed by atoms with van der Waals surface area (Å²) >= 11 is 1.57. The Labute approximate surface area is 93.7 Å². The van der Waals surface area contributed by atoms with E-state index in [2.05, 4.69) is 11.9 Å². The van der Waals surface area contributed by atoms with Crippen LogP contribution in [0.2, 0.25) is 0 Å². The quantitative estimate of drug-likeness (QED) is 0.851. The number of fused-ring (bicyclic) bond motifs is 1. The molecule has 1 aromatic heterocycles. The third-order valence-corrected chi connectivity index (χ3v) is 4.11. The molecule has 3 nitrogen and oxygen atoms in total. The predicted octanol–water partition coefficient (Wildman–Crippen LogP) is 1.80. The fourth-order valence-electron chi connectivity index (χ4n) is 2.05. The SMILES string of the molecule is CCc1nc2c(s1)C(=O)CC(CCN)C2. The number of rotatable bonds is 3. The summed E-state index contributed by atoms with van der Waals surface area (Å²) < 4.78 is 0. The van der Waals surface area contributed by atoms with Crippen LogP contribution in [0.3, 0.4) is 0 Å². The summed E-state index contributed by atoms with van der Waals surface area (Å²) in [5.41, 5.74) is 6.55. The van der Waals surface area contributed by atoms with E-state index >= 15 is 0 Å². The fourth-order valence-corrected chi connectivity index (χ4v) is 3.03. The first-order chi connectivity index (χ1) is 7.24. The van der Waals surface area contributed by atoms with Crippen LogP contribution in [-0.2, 0) is 12.8 Å². The van der Waals surface area contributed by atoms with E-state index in [1.807, 2.05) is 0 Å². The fraction of sp³-hybridized carbons (Fsp3) is 0.636. The van der Waals surface area contributed by atoms with Gasteiger partial charge in [-0.25, -0.2) is 4.98 Å². The number of hydrogen-bond acceptors (Lipinski definition) is 4. The number of carbonyl (C=O) groups is 1. The van der Waals surface area contributed by atoms with Gasteiger partial charge in [0.2, 0.25) is 0 Å². The lowest BCUT2D eigenvalue weighted by Gasteiger charge is -2.18. The van der Waals surface area contributed by atoms with E-state index in [1.54, 1.807) is 11.3 Å². The standard InChI is InChI=1S/C11H16N2OS/c1-2-10-13-8-5-7(3-4-12)6-9(14)11(8)15-10/h7H,2-6,12H2,1H3. The van der Waals surface area contributed by atoms with Gasteiger partial charge in [0.25, 0.3) is 0 Å². The molecule has 0 aliphatic heterocycles. The first-order valence-electron chi connectivity index (χ1n) is 5.46. The van der Waals surface area contributed by atoms with Gasteiger partial charge in [0, 0.05) is 6.42 Å². The first-order valence-corrected chi connectivity index (χ1v) is 6.28. The second-order valence-corrected chi connectivity index (χ2v) is 5.10. The van der Waals surface area contributed by atoms with E-state index in [-0.39, 0.29) is 5.78 Å². The molecule has 0 aromatic carbocycles. The van der Waals surface area contributed by atoms with E-state index in [0.717, 1.165) is 34.8 Å². The maximum Gasteiger partial charge on any atom is 0.174 e. The highest BCUT2D eigenvalue weighted by atomic mass is 32.1. The van der Waals surface area contributed by atoms with E-state index in [4.69, 9.17) is 5.73 Å². The van der Waals surface area contributed by atoms with Gasteiger partial charge in [-0.2, -0.15) is 0 Å². The van der Waals surface area contributed by atoms with Gasteiger partial charge in [0.1, 0.15) is 0 Å². The molecular formula is C11H16N2OS. The third kappa shape index (κ3) is 2.11. The molecule has 0 saturated carbocycles. The Bertz CT molecular complexity index is 373. The number of carbonyl (C=O) groups excluding carboxylic acids is 1. The van der Waals surface area contributed by atoms with Gasteiger partial charge < -0.3 is 5.73 Å². The molecule has 1 unspecified atom stereocenters. The van der Waals surface area contributed by atoms with Gasteiger partial charge in [-0.15, -0.1) is 11.3 Å². The van der Waals surface area contributed by atoms with E-state index < -0.39 is 0 Å². The Morgan fingerprint density at radius 1 is 1.53 bits per heavy atom. The molecule has 0 radical (unpaired) electrons. The molecule has 15 heavy (non-hydrogen) atoms. The molecule has 0 amide bonds. The van der Waals surface area contributed by atoms with Gasteiger partial charge in [-0.05, 0) is 31.7 Å². The summed E-state index contributed by atoms with van der Waals surface area (Å²) in [5.74, 6) is 0.689. The van der Waals surface area contributed by atoms with Crippen LogP contribution in [0.15, 0.2) is 0 Å². The third-order valence-electron chi connectivity index (χ3n) is 2.83. The highest BCUT2D eigenvalue weighted by Gasteiger charge is 2.27. The Balaban J connectivity index is 2.23. The van der Waals surface area contributed by atoms with Crippen molar-refractivity contribution >= 4 is 17.1 Å². The highest BCUT2D eigenvalue weighted by Crippen LogP contribution is 2.31. The molecule has 1 heterocycles. The molecule has 2 rings (SSSR count). The number of aryl methyl sites for hydroxylation is 1. The predicted molar refractivity (Wildman–Crippen MR) is 61.3 cm³/mol. The minimum atomic E-state index is 0.270. The number of Topliss-reactive ketones (excluding diaryl/α,β-unsaturated/α-hetero) is 1. The molecule has 1 aromatic rings. The van der Waals surface area contributed by atoms with Crippen molar-refractivity contribution in [1.82, 2.24) is 4.98 Å². The van der Waals surface area contributed by atoms with Crippen molar-refractivity contribution in [3.05, 3.63) is 15.6 Å². The summed E-state index contributed by atoms with van der Waals surface area (Å²) in [6.45, 7) is 2.74. The van der Waals surface area contributed by atoms with Crippen molar-refractivity contribution in [3.63, 3.8) is 0 Å². The van der Waals surface area contributed by atoms with Crippen LogP contribution in [0.25, 0.3) is 0 Å². The van der Waals surface area contributed by atoms with Crippen molar-refractivity contribution in [2.24, 2.45) is 11.7 Å². The lowest BCUT2D eigenvalue weighted by molar-refractivity contribution is 0.0950. The van der Waals surface area contributed by atoms with Crippen LogP contribution in [0, 0.1) is 5.92 Å². The van der Waals surface area contributed by atoms with Gasteiger partial charge >= 0.3 is 0 Å². The van der Waals surface area contributed by atoms with Crippen molar-refractivity contribution < 1.29 is 4.79 Å². The van der Waals surface area contributed by atoms with Crippen LogP contribution >= 0.6 is 11.3 Å². The number of hydrogen-bond donors (Lipinski definition) is 1. The summed E-state index contributed by atoms with van der Waals surface area (Å²) in [6, 6.07) is 0. The van der Waals surface area contributed by atoms with Gasteiger partial charge in [-0.3, -0.25) is 4.79 Å². The van der Waals surface area contributed by atoms with E-state index in [0.29, 0.717) is 18.9 Å². The van der Waals surface area contributed by atoms with Gasteiger partial charge in [0.15, 0.2) is 5.78 Å². The summed E-state index contributed by atoms with van der Waals surface area (Å²) in [4.78, 5) is 17.2. The molecule has 1 atom stereocenters. The van der Waals surface area contributed by atoms with E-state index in [9.17, 15) is 4.79 Å². The van der Waals surface area contributed by atoms with Crippen LogP contribution in [-0.4, -0.2) is 17.3 Å². The normalized spacial score (nSPS) is 20.4. The molecule has 1 aliphatic rings. The Kier molecular flexibility index (Phi) is 3.17. The molecule has 82 valence electrons. The Hall–Kier alpha value is -0.740. The lowest BCUT2D eigenvalue weighted by atomic mass is 9.88. The second-order valence-electron chi connectivity index (χ2n) is 4.01. The molecule has 4 heteroatoms. The summed E-state index contributed by atoms with van der Waals surface area (Å²) in [5, 5.41) is 1.08. The molecule has 0 fully saturated rings. The van der Waals surface area contributed by atoms with Crippen molar-refractivity contribution in [3.8, 4) is 0 Å². The minimum Gasteiger partial charge on any atom is -0.330 e. The van der Waals surface area contributed by atoms with Crippen molar-refractivity contribution in [2.75, 3.05) is 6.54 Å². The molecular weight excluding hydrogens is 208 g/mol. The van der Waals surface area contributed by atoms with Crippen molar-refractivity contribution in [2.45, 2.75) is 32.6 Å². The largest absolute Gasteiger partial charge is 0.330 e. The van der Waals surface area contributed by atoms with Crippen LogP contribution < -0.4 is 5.73 Å². The molecule has 1 aliphatic carbocycles. The maximum absolute atomic E-state index is 11.8. The van der Waals surface area contributed by atoms with Crippen molar-refractivity contribution in [1.29, 1.82) is 0 Å². The Morgan fingerprint density at radius 2 is 2.33 bits per heavy atom. The maximum atomic E-state index is 11.8. The number of nitrogens with zero attached hydrogens (tertiary/aromatic N) is 1. The molecule has 0 saturated heterocycles. The summed E-state index contributed by atoms with van der Waals surface area (Å²) in [7, 11) is 0. The first kappa shape index (κ1) is 10.8. The highest BCUT2D eigenvalue weighted by molar-refractivity contribution is 7.13. The zero-order chi connectivity index (χ0) is 10.8. The number of nitrogens with two attached hydrogens (primary N) is 1. The number of thiazole rings is 1. The second kappa shape index (κ2) is 4.41. The molecule has 0 spiro atoms. The molecule has 2 N–H and O–H groups in total. The number of aromatic nitrogens is 1. The lowest BCUT2D eigenvalue weighted by Crippen LogP contribution is -2.21. The average molecular weight is 224 g/mol. The van der Waals surface area contributed by atoms with Crippen LogP contribution in [0.1, 0.15) is 40.1 Å². The monoisotopic (exact) mass is 224 g/mol. The van der Waals surface area contributed by atoms with Gasteiger partial charge in [-0.1, -0.05) is 6.92 Å². The van der Waals surface area contributed by atoms with Crippen LogP contribution in [0.4, 0.5) is 0 Å². The topological polar surface area (TPSA) is 56.0 Å². The van der Waals surface area contributed by atoms with Gasteiger partial charge in [0.05, 0.1) is 15.6 Å². The zero-order valence-electron chi connectivity index (χ0n) is 8.95. The average Bonchev–Trinajstić information content (AvgIpc) is 2.62. The zero-order valence-corrected chi connectivity index (χ0v) is 9.77. The van der Waals surface area contributed by atoms with E-state index in [1.165, 1.54) is 0 Å². The minimum absolute atomic E-state index is 0.270.